The predicted molar refractivity (Wildman–Crippen MR) is 131 cm³/mol. The van der Waals surface area contributed by atoms with Crippen molar-refractivity contribution in [1.82, 2.24) is 14.9 Å². The van der Waals surface area contributed by atoms with Gasteiger partial charge in [-0.15, -0.1) is 0 Å². The van der Waals surface area contributed by atoms with Gasteiger partial charge in [-0.3, -0.25) is 14.4 Å². The van der Waals surface area contributed by atoms with Crippen LogP contribution < -0.4 is 26.7 Å². The van der Waals surface area contributed by atoms with Gasteiger partial charge in [0.15, 0.2) is 0 Å². The number of aromatic amines is 1. The quantitative estimate of drug-likeness (QED) is 0.231. The molecule has 0 fully saturated rings. The molecule has 0 aliphatic heterocycles. The van der Waals surface area contributed by atoms with Gasteiger partial charge in [-0.25, -0.2) is 13.6 Å². The van der Waals surface area contributed by atoms with Crippen LogP contribution in [0.25, 0.3) is 10.9 Å². The Balaban J connectivity index is 1.76. The molecule has 0 bridgehead atoms. The average Bonchev–Trinajstić information content (AvgIpc) is 3.24. The van der Waals surface area contributed by atoms with Crippen LogP contribution >= 0.6 is 0 Å². The molecule has 196 valence electrons. The van der Waals surface area contributed by atoms with Crippen molar-refractivity contribution in [2.45, 2.75) is 31.9 Å². The van der Waals surface area contributed by atoms with Gasteiger partial charge >= 0.3 is 6.09 Å². The minimum absolute atomic E-state index is 0.0218. The first kappa shape index (κ1) is 26.9. The molecule has 0 aliphatic carbocycles. The van der Waals surface area contributed by atoms with Gasteiger partial charge in [0.1, 0.15) is 24.1 Å². The van der Waals surface area contributed by atoms with Crippen molar-refractivity contribution in [1.29, 1.82) is 0 Å². The second-order valence-corrected chi connectivity index (χ2v) is 7.95. The molecule has 0 aliphatic rings. The fourth-order valence-corrected chi connectivity index (χ4v) is 3.58. The number of pyridine rings is 1. The summed E-state index contributed by atoms with van der Waals surface area (Å²) in [4.78, 5) is 50.6. The first-order chi connectivity index (χ1) is 17.6. The molecule has 6 N–H and O–H groups in total. The lowest BCUT2D eigenvalue weighted by molar-refractivity contribution is -0.118. The van der Waals surface area contributed by atoms with Gasteiger partial charge in [0.05, 0.1) is 12.1 Å². The Kier molecular flexibility index (Phi) is 8.97. The summed E-state index contributed by atoms with van der Waals surface area (Å²) < 4.78 is 31.6. The third kappa shape index (κ3) is 7.65. The molecular formula is C24H25F2N5O6. The summed E-state index contributed by atoms with van der Waals surface area (Å²) in [7, 11) is 0. The van der Waals surface area contributed by atoms with Gasteiger partial charge in [-0.1, -0.05) is 18.2 Å². The molecule has 1 unspecified atom stereocenters. The van der Waals surface area contributed by atoms with E-state index in [2.05, 4.69) is 15.6 Å². The summed E-state index contributed by atoms with van der Waals surface area (Å²) >= 11 is 0. The third-order valence-corrected chi connectivity index (χ3v) is 5.18. The number of nitrogens with one attached hydrogen (secondary N) is 3. The van der Waals surface area contributed by atoms with Crippen LogP contribution in [-0.2, 0) is 16.1 Å². The maximum Gasteiger partial charge on any atom is 0.405 e. The summed E-state index contributed by atoms with van der Waals surface area (Å²) in [5, 5.41) is 14.3. The molecule has 1 aromatic carbocycles. The highest BCUT2D eigenvalue weighted by molar-refractivity contribution is 5.96. The minimum atomic E-state index is -2.63. The number of primary amides is 1. The van der Waals surface area contributed by atoms with E-state index in [-0.39, 0.29) is 30.8 Å². The van der Waals surface area contributed by atoms with Crippen molar-refractivity contribution in [3.63, 3.8) is 0 Å². The number of para-hydroxylation sites is 1. The Morgan fingerprint density at radius 3 is 2.70 bits per heavy atom. The van der Waals surface area contributed by atoms with Crippen molar-refractivity contribution < 1.29 is 33.0 Å². The van der Waals surface area contributed by atoms with Gasteiger partial charge in [0, 0.05) is 17.3 Å². The molecule has 3 aromatic rings. The van der Waals surface area contributed by atoms with Gasteiger partial charge in [-0.05, 0) is 43.2 Å². The van der Waals surface area contributed by atoms with E-state index in [9.17, 15) is 28.0 Å². The number of ether oxygens (including phenoxy) is 1. The van der Waals surface area contributed by atoms with E-state index in [1.165, 1.54) is 29.0 Å². The number of halogens is 2. The van der Waals surface area contributed by atoms with E-state index in [1.54, 1.807) is 24.3 Å². The first-order valence-electron chi connectivity index (χ1n) is 11.1. The van der Waals surface area contributed by atoms with Crippen LogP contribution in [0.3, 0.4) is 0 Å². The Morgan fingerprint density at radius 2 is 2.00 bits per heavy atom. The second-order valence-electron chi connectivity index (χ2n) is 7.95. The van der Waals surface area contributed by atoms with E-state index in [4.69, 9.17) is 15.6 Å². The molecule has 0 saturated carbocycles. The fraction of sp³-hybridized carbons (Fsp3) is 0.250. The summed E-state index contributed by atoms with van der Waals surface area (Å²) in [5.41, 5.74) is 5.47. The zero-order valence-electron chi connectivity index (χ0n) is 19.4. The number of carbonyl (C=O) groups excluding carboxylic acids is 2. The molecular weight excluding hydrogens is 492 g/mol. The average molecular weight is 517 g/mol. The van der Waals surface area contributed by atoms with E-state index in [1.807, 2.05) is 0 Å². The molecule has 3 amide bonds. The number of rotatable bonds is 12. The summed E-state index contributed by atoms with van der Waals surface area (Å²) in [5.74, 6) is -1.18. The van der Waals surface area contributed by atoms with Crippen molar-refractivity contribution in [2.24, 2.45) is 5.73 Å². The van der Waals surface area contributed by atoms with Gasteiger partial charge in [-0.2, -0.15) is 0 Å². The number of allylic oxidation sites excluding steroid dienone is 1. The zero-order chi connectivity index (χ0) is 26.9. The molecule has 37 heavy (non-hydrogen) atoms. The van der Waals surface area contributed by atoms with Crippen LogP contribution in [0, 0.1) is 0 Å². The normalized spacial score (nSPS) is 12.1. The lowest BCUT2D eigenvalue weighted by atomic mass is 10.1. The maximum absolute atomic E-state index is 13.0. The number of hydrogen-bond acceptors (Lipinski definition) is 5. The Labute approximate surface area is 208 Å². The van der Waals surface area contributed by atoms with Crippen molar-refractivity contribution in [2.75, 3.05) is 11.9 Å². The monoisotopic (exact) mass is 517 g/mol. The largest absolute Gasteiger partial charge is 0.485 e. The number of hydrogen-bond donors (Lipinski definition) is 5. The highest BCUT2D eigenvalue weighted by Gasteiger charge is 2.21. The molecule has 1 atom stereocenters. The van der Waals surface area contributed by atoms with Crippen LogP contribution in [0.15, 0.2) is 59.5 Å². The van der Waals surface area contributed by atoms with Gasteiger partial charge < -0.3 is 35.8 Å². The molecule has 0 radical (unpaired) electrons. The van der Waals surface area contributed by atoms with E-state index in [0.29, 0.717) is 16.6 Å². The number of benzene rings is 1. The maximum atomic E-state index is 13.0. The molecule has 3 rings (SSSR count). The minimum Gasteiger partial charge on any atom is -0.485 e. The van der Waals surface area contributed by atoms with Crippen molar-refractivity contribution >= 4 is 34.5 Å². The lowest BCUT2D eigenvalue weighted by Crippen LogP contribution is -2.44. The molecule has 2 aromatic heterocycles. The Bertz CT molecular complexity index is 1370. The van der Waals surface area contributed by atoms with Crippen LogP contribution in [0.1, 0.15) is 18.5 Å². The Hall–Kier alpha value is -4.68. The smallest absolute Gasteiger partial charge is 0.405 e. The first-order valence-corrected chi connectivity index (χ1v) is 11.1. The van der Waals surface area contributed by atoms with Crippen LogP contribution in [0.4, 0.5) is 19.3 Å². The number of anilines is 1. The van der Waals surface area contributed by atoms with Crippen LogP contribution in [0.2, 0.25) is 0 Å². The predicted octanol–water partition coefficient (Wildman–Crippen LogP) is 2.42. The number of H-pyrrole nitrogens is 1. The number of alkyl halides is 2. The number of fused-ring (bicyclic) bond motifs is 1. The summed E-state index contributed by atoms with van der Waals surface area (Å²) in [6.07, 6.45) is 0.158. The SMILES string of the molecule is NC(=O)C=CCCC(NC(=O)O)C(=O)Nc1cccn(Cc2cc3cccc(OCC(F)F)c3[nH]2)c1=O. The molecule has 11 nitrogen and oxygen atoms in total. The van der Waals surface area contributed by atoms with Crippen molar-refractivity contribution in [3.8, 4) is 5.75 Å². The number of carbonyl (C=O) groups is 3. The number of carboxylic acid groups (broad SMARTS) is 1. The number of nitrogens with two attached hydrogens (primary N) is 1. The van der Waals surface area contributed by atoms with Crippen molar-refractivity contribution in [3.05, 3.63) is 70.8 Å². The summed E-state index contributed by atoms with van der Waals surface area (Å²) in [6, 6.07) is 8.44. The Morgan fingerprint density at radius 1 is 1.22 bits per heavy atom. The van der Waals surface area contributed by atoms with E-state index in [0.717, 1.165) is 6.08 Å². The molecule has 13 heteroatoms. The third-order valence-electron chi connectivity index (χ3n) is 5.18. The highest BCUT2D eigenvalue weighted by atomic mass is 19.3. The van der Waals surface area contributed by atoms with Gasteiger partial charge in [0.2, 0.25) is 11.8 Å². The van der Waals surface area contributed by atoms with E-state index >= 15 is 0 Å². The summed E-state index contributed by atoms with van der Waals surface area (Å²) in [6.45, 7) is -0.686. The zero-order valence-corrected chi connectivity index (χ0v) is 19.4. The second kappa shape index (κ2) is 12.3. The molecule has 2 heterocycles. The lowest BCUT2D eigenvalue weighted by Gasteiger charge is -2.16. The highest BCUT2D eigenvalue weighted by Crippen LogP contribution is 2.26. The number of aromatic nitrogens is 2. The van der Waals surface area contributed by atoms with E-state index < -0.39 is 42.5 Å². The molecule has 0 saturated heterocycles. The topological polar surface area (TPSA) is 169 Å². The molecule has 0 spiro atoms. The number of nitrogens with zero attached hydrogens (tertiary/aromatic N) is 1. The van der Waals surface area contributed by atoms with Crippen LogP contribution in [-0.4, -0.2) is 51.6 Å². The van der Waals surface area contributed by atoms with Crippen LogP contribution in [0.5, 0.6) is 5.75 Å². The number of amides is 3. The van der Waals surface area contributed by atoms with Gasteiger partial charge in [0.25, 0.3) is 12.0 Å². The fourth-order valence-electron chi connectivity index (χ4n) is 3.58. The standard InChI is InChI=1S/C24H25F2N5O6/c25-19(26)13-37-18-8-3-5-14-11-15(28-21(14)18)12-31-10-4-7-17(23(31)34)29-22(33)16(30-24(35)36)6-1-2-9-20(27)32/h2-5,7-11,16,19,28,30H,1,6,12-13H2,(H2,27,32)(H,29,33)(H,35,36).